The number of hydrogen-bond donors (Lipinski definition) is 1. The fourth-order valence-electron chi connectivity index (χ4n) is 1.46. The van der Waals surface area contributed by atoms with Crippen LogP contribution in [0.5, 0.6) is 0 Å². The maximum absolute atomic E-state index is 8.49. The van der Waals surface area contributed by atoms with Gasteiger partial charge in [0.05, 0.1) is 0 Å². The van der Waals surface area contributed by atoms with Gasteiger partial charge in [-0.1, -0.05) is 0 Å². The first-order valence-electron chi connectivity index (χ1n) is 5.85. The summed E-state index contributed by atoms with van der Waals surface area (Å²) in [6.45, 7) is 7.49. The van der Waals surface area contributed by atoms with Crippen LogP contribution in [0.4, 0.5) is 0 Å². The molecular weight excluding hydrogens is 391 g/mol. The molecule has 0 atom stereocenters. The Bertz CT molecular complexity index is 140. The van der Waals surface area contributed by atoms with Crippen LogP contribution in [0.3, 0.4) is 0 Å². The van der Waals surface area contributed by atoms with E-state index in [0.29, 0.717) is 39.3 Å². The number of ether oxygens (including phenoxy) is 4. The van der Waals surface area contributed by atoms with E-state index in [0.717, 1.165) is 0 Å². The minimum Gasteiger partial charge on any atom is -0.371 e. The molecule has 17 heavy (non-hydrogen) atoms. The molecule has 0 aromatic carbocycles. The molecule has 0 fully saturated rings. The Morgan fingerprint density at radius 1 is 0.941 bits per heavy atom. The zero-order valence-corrected chi connectivity index (χ0v) is 14.6. The Hall–Kier alpha value is 0.670. The molecule has 0 radical (unpaired) electrons. The van der Waals surface area contributed by atoms with Gasteiger partial charge in [-0.2, -0.15) is 0 Å². The molecule has 0 spiro atoms. The quantitative estimate of drug-likeness (QED) is 0.315. The molecule has 0 unspecified atom stereocenters. The van der Waals surface area contributed by atoms with Gasteiger partial charge in [0, 0.05) is 58.7 Å². The van der Waals surface area contributed by atoms with Crippen molar-refractivity contribution in [3.8, 4) is 0 Å². The molecule has 0 saturated heterocycles. The smallest absolute Gasteiger partial charge is 0.282 e. The zero-order valence-electron chi connectivity index (χ0n) is 11.0. The molecule has 0 bridgehead atoms. The van der Waals surface area contributed by atoms with Crippen LogP contribution in [-0.2, 0) is 44.8 Å². The molecule has 102 valence electrons. The summed E-state index contributed by atoms with van der Waals surface area (Å²) in [5.41, 5.74) is 0. The van der Waals surface area contributed by atoms with E-state index in [1.54, 1.807) is 0 Å². The molecule has 0 aliphatic rings. The van der Waals surface area contributed by atoms with Crippen molar-refractivity contribution < 1.29 is 49.9 Å². The summed E-state index contributed by atoms with van der Waals surface area (Å²) in [5.74, 6) is -0.961. The second-order valence-electron chi connectivity index (χ2n) is 3.12. The molecule has 0 rings (SSSR count). The van der Waals surface area contributed by atoms with Crippen molar-refractivity contribution in [3.05, 3.63) is 0 Å². The SMILES string of the molecule is CCOC(CCCOCO)(OCC)OCC.[Hf]. The molecule has 0 aliphatic carbocycles. The molecule has 0 heterocycles. The summed E-state index contributed by atoms with van der Waals surface area (Å²) in [6.07, 6.45) is 1.29. The average Bonchev–Trinajstić information content (AvgIpc) is 2.26. The first-order valence-corrected chi connectivity index (χ1v) is 5.85. The summed E-state index contributed by atoms with van der Waals surface area (Å²) in [5, 5.41) is 8.49. The summed E-state index contributed by atoms with van der Waals surface area (Å²) < 4.78 is 21.4. The van der Waals surface area contributed by atoms with Crippen molar-refractivity contribution in [1.29, 1.82) is 0 Å². The van der Waals surface area contributed by atoms with E-state index in [2.05, 4.69) is 0 Å². The molecule has 0 saturated carbocycles. The Labute approximate surface area is 123 Å². The van der Waals surface area contributed by atoms with E-state index in [-0.39, 0.29) is 32.6 Å². The largest absolute Gasteiger partial charge is 0.371 e. The Morgan fingerprint density at radius 3 is 1.76 bits per heavy atom. The predicted molar refractivity (Wildman–Crippen MR) is 59.9 cm³/mol. The predicted octanol–water partition coefficient (Wildman–Crippen LogP) is 1.49. The number of aliphatic hydroxyl groups excluding tert-OH is 1. The van der Waals surface area contributed by atoms with Crippen LogP contribution in [-0.4, -0.2) is 44.3 Å². The summed E-state index contributed by atoms with van der Waals surface area (Å²) in [6, 6.07) is 0. The van der Waals surface area contributed by atoms with E-state index in [1.807, 2.05) is 20.8 Å². The van der Waals surface area contributed by atoms with E-state index in [4.69, 9.17) is 24.1 Å². The van der Waals surface area contributed by atoms with Gasteiger partial charge in [0.15, 0.2) is 0 Å². The maximum atomic E-state index is 8.49. The minimum absolute atomic E-state index is 0. The molecule has 0 aliphatic heterocycles. The van der Waals surface area contributed by atoms with Crippen LogP contribution in [0.25, 0.3) is 0 Å². The van der Waals surface area contributed by atoms with Gasteiger partial charge in [-0.15, -0.1) is 0 Å². The van der Waals surface area contributed by atoms with Gasteiger partial charge in [0.25, 0.3) is 5.97 Å². The topological polar surface area (TPSA) is 57.2 Å². The van der Waals surface area contributed by atoms with Gasteiger partial charge in [-0.25, -0.2) is 0 Å². The molecule has 0 amide bonds. The van der Waals surface area contributed by atoms with Gasteiger partial charge >= 0.3 is 0 Å². The van der Waals surface area contributed by atoms with Crippen LogP contribution in [0.15, 0.2) is 0 Å². The van der Waals surface area contributed by atoms with Crippen LogP contribution < -0.4 is 0 Å². The summed E-state index contributed by atoms with van der Waals surface area (Å²) in [4.78, 5) is 0. The monoisotopic (exact) mass is 416 g/mol. The number of rotatable bonds is 11. The zero-order chi connectivity index (χ0) is 12.3. The molecular formula is C11H24HfO5. The van der Waals surface area contributed by atoms with Crippen LogP contribution in [0.2, 0.25) is 0 Å². The molecule has 5 nitrogen and oxygen atoms in total. The van der Waals surface area contributed by atoms with E-state index in [1.165, 1.54) is 0 Å². The molecule has 0 aromatic rings. The van der Waals surface area contributed by atoms with Crippen LogP contribution in [0.1, 0.15) is 33.6 Å². The third-order valence-electron chi connectivity index (χ3n) is 1.96. The number of hydrogen-bond acceptors (Lipinski definition) is 5. The van der Waals surface area contributed by atoms with Crippen LogP contribution >= 0.6 is 0 Å². The van der Waals surface area contributed by atoms with Gasteiger partial charge in [0.1, 0.15) is 6.79 Å². The second-order valence-corrected chi connectivity index (χ2v) is 3.12. The fraction of sp³-hybridized carbons (Fsp3) is 1.00. The van der Waals surface area contributed by atoms with Gasteiger partial charge in [0.2, 0.25) is 0 Å². The van der Waals surface area contributed by atoms with Crippen molar-refractivity contribution in [2.75, 3.05) is 33.2 Å². The summed E-state index contributed by atoms with van der Waals surface area (Å²) >= 11 is 0. The van der Waals surface area contributed by atoms with E-state index in [9.17, 15) is 0 Å². The van der Waals surface area contributed by atoms with Crippen molar-refractivity contribution in [1.82, 2.24) is 0 Å². The Kier molecular flexibility index (Phi) is 15.4. The van der Waals surface area contributed by atoms with Crippen LogP contribution in [0, 0.1) is 0 Å². The Balaban J connectivity index is 0. The van der Waals surface area contributed by atoms with Gasteiger partial charge < -0.3 is 24.1 Å². The molecule has 0 aromatic heterocycles. The average molecular weight is 415 g/mol. The normalized spacial score (nSPS) is 11.3. The van der Waals surface area contributed by atoms with Crippen molar-refractivity contribution in [3.63, 3.8) is 0 Å². The first kappa shape index (κ1) is 20.0. The van der Waals surface area contributed by atoms with Crippen molar-refractivity contribution >= 4 is 0 Å². The second kappa shape index (κ2) is 13.1. The van der Waals surface area contributed by atoms with Crippen molar-refractivity contribution in [2.24, 2.45) is 0 Å². The first-order chi connectivity index (χ1) is 7.74. The van der Waals surface area contributed by atoms with E-state index < -0.39 is 5.97 Å². The van der Waals surface area contributed by atoms with E-state index >= 15 is 0 Å². The Morgan fingerprint density at radius 2 is 1.41 bits per heavy atom. The third-order valence-corrected chi connectivity index (χ3v) is 1.96. The maximum Gasteiger partial charge on any atom is 0.282 e. The van der Waals surface area contributed by atoms with Gasteiger partial charge in [-0.3, -0.25) is 0 Å². The van der Waals surface area contributed by atoms with Gasteiger partial charge in [-0.05, 0) is 27.2 Å². The number of aliphatic hydroxyl groups is 1. The van der Waals surface area contributed by atoms with Crippen molar-refractivity contribution in [2.45, 2.75) is 39.6 Å². The third kappa shape index (κ3) is 9.27. The molecule has 6 heteroatoms. The fourth-order valence-corrected chi connectivity index (χ4v) is 1.46. The summed E-state index contributed by atoms with van der Waals surface area (Å²) in [7, 11) is 0. The minimum atomic E-state index is -0.961. The molecule has 1 N–H and O–H groups in total. The standard InChI is InChI=1S/C11H24O5.Hf/c1-4-14-11(15-5-2,16-6-3)8-7-9-13-10-12;/h12H,4-10H2,1-3H3;.